The van der Waals surface area contributed by atoms with Crippen LogP contribution < -0.4 is 10.5 Å². The minimum Gasteiger partial charge on any atom is -0.463 e. The van der Waals surface area contributed by atoms with Crippen molar-refractivity contribution in [2.75, 3.05) is 12.3 Å². The van der Waals surface area contributed by atoms with Gasteiger partial charge in [-0.15, -0.1) is 0 Å². The second-order valence-corrected chi connectivity index (χ2v) is 3.99. The van der Waals surface area contributed by atoms with Crippen LogP contribution in [0.25, 0.3) is 11.4 Å². The number of hydrogen-bond donors (Lipinski definition) is 1. The predicted molar refractivity (Wildman–Crippen MR) is 70.1 cm³/mol. The molecule has 1 aromatic carbocycles. The van der Waals surface area contributed by atoms with Gasteiger partial charge in [-0.1, -0.05) is 6.92 Å². The molecule has 0 aliphatic rings. The fourth-order valence-corrected chi connectivity index (χ4v) is 1.54. The van der Waals surface area contributed by atoms with Crippen LogP contribution in [0, 0.1) is 17.1 Å². The third-order valence-corrected chi connectivity index (χ3v) is 2.35. The highest BCUT2D eigenvalue weighted by Gasteiger charge is 2.10. The predicted octanol–water partition coefficient (Wildman–Crippen LogP) is 1.92. The first-order valence-electron chi connectivity index (χ1n) is 5.97. The Morgan fingerprint density at radius 2 is 2.10 bits per heavy atom. The van der Waals surface area contributed by atoms with E-state index in [-0.39, 0.29) is 23.3 Å². The average molecular weight is 273 g/mol. The fourth-order valence-electron chi connectivity index (χ4n) is 1.54. The van der Waals surface area contributed by atoms with Crippen molar-refractivity contribution in [1.29, 1.82) is 5.26 Å². The van der Waals surface area contributed by atoms with Gasteiger partial charge in [0.25, 0.3) is 0 Å². The monoisotopic (exact) mass is 273 g/mol. The number of nitrogens with zero attached hydrogens (tertiary/aromatic N) is 4. The van der Waals surface area contributed by atoms with Gasteiger partial charge < -0.3 is 10.5 Å². The Kier molecular flexibility index (Phi) is 4.05. The standard InChI is InChI=1S/C13H12FN5O/c1-2-3-20-13-18-11(17-12(16)19-13)9-4-8(7-15)5-10(14)6-9/h4-6H,2-3H2,1H3,(H2,16,17,18,19). The highest BCUT2D eigenvalue weighted by molar-refractivity contribution is 5.59. The van der Waals surface area contributed by atoms with E-state index >= 15 is 0 Å². The van der Waals surface area contributed by atoms with Gasteiger partial charge in [0.05, 0.1) is 18.2 Å². The molecule has 0 aliphatic heterocycles. The molecule has 0 unspecified atom stereocenters. The first-order chi connectivity index (χ1) is 9.62. The lowest BCUT2D eigenvalue weighted by atomic mass is 10.1. The van der Waals surface area contributed by atoms with Crippen molar-refractivity contribution >= 4 is 5.95 Å². The van der Waals surface area contributed by atoms with E-state index in [4.69, 9.17) is 15.7 Å². The van der Waals surface area contributed by atoms with Crippen molar-refractivity contribution in [2.24, 2.45) is 0 Å². The third-order valence-electron chi connectivity index (χ3n) is 2.35. The summed E-state index contributed by atoms with van der Waals surface area (Å²) in [7, 11) is 0. The van der Waals surface area contributed by atoms with E-state index in [1.165, 1.54) is 12.1 Å². The summed E-state index contributed by atoms with van der Waals surface area (Å²) >= 11 is 0. The minimum absolute atomic E-state index is 0.0242. The number of benzene rings is 1. The largest absolute Gasteiger partial charge is 0.463 e. The van der Waals surface area contributed by atoms with Crippen molar-refractivity contribution in [3.8, 4) is 23.5 Å². The number of halogens is 1. The zero-order chi connectivity index (χ0) is 14.5. The van der Waals surface area contributed by atoms with E-state index in [0.717, 1.165) is 12.5 Å². The Morgan fingerprint density at radius 1 is 1.30 bits per heavy atom. The zero-order valence-electron chi connectivity index (χ0n) is 10.8. The molecule has 7 heteroatoms. The fraction of sp³-hybridized carbons (Fsp3) is 0.231. The molecule has 0 spiro atoms. The van der Waals surface area contributed by atoms with Crippen LogP contribution in [0.15, 0.2) is 18.2 Å². The van der Waals surface area contributed by atoms with Crippen LogP contribution in [0.2, 0.25) is 0 Å². The van der Waals surface area contributed by atoms with E-state index in [2.05, 4.69) is 15.0 Å². The molecule has 0 saturated heterocycles. The smallest absolute Gasteiger partial charge is 0.321 e. The number of rotatable bonds is 4. The second-order valence-electron chi connectivity index (χ2n) is 3.99. The lowest BCUT2D eigenvalue weighted by Crippen LogP contribution is -2.06. The van der Waals surface area contributed by atoms with Crippen LogP contribution in [-0.2, 0) is 0 Å². The van der Waals surface area contributed by atoms with Crippen molar-refractivity contribution in [3.63, 3.8) is 0 Å². The summed E-state index contributed by atoms with van der Waals surface area (Å²) in [6, 6.07) is 5.77. The van der Waals surface area contributed by atoms with Crippen LogP contribution in [-0.4, -0.2) is 21.6 Å². The maximum atomic E-state index is 13.4. The molecule has 2 N–H and O–H groups in total. The zero-order valence-corrected chi connectivity index (χ0v) is 10.8. The molecule has 1 aromatic heterocycles. The van der Waals surface area contributed by atoms with Crippen molar-refractivity contribution in [3.05, 3.63) is 29.6 Å². The molecule has 0 amide bonds. The maximum Gasteiger partial charge on any atom is 0.321 e. The Morgan fingerprint density at radius 3 is 2.80 bits per heavy atom. The molecule has 2 rings (SSSR count). The highest BCUT2D eigenvalue weighted by Crippen LogP contribution is 2.20. The second kappa shape index (κ2) is 5.93. The number of anilines is 1. The Balaban J connectivity index is 2.44. The molecule has 0 aliphatic carbocycles. The first kappa shape index (κ1) is 13.7. The molecule has 0 fully saturated rings. The average Bonchev–Trinajstić information content (AvgIpc) is 2.43. The quantitative estimate of drug-likeness (QED) is 0.913. The Labute approximate surface area is 115 Å². The van der Waals surface area contributed by atoms with E-state index in [1.807, 2.05) is 13.0 Å². The van der Waals surface area contributed by atoms with E-state index < -0.39 is 5.82 Å². The molecule has 0 atom stereocenters. The van der Waals surface area contributed by atoms with Crippen LogP contribution in [0.4, 0.5) is 10.3 Å². The molecular formula is C13H12FN5O. The molecular weight excluding hydrogens is 261 g/mol. The number of nitriles is 1. The van der Waals surface area contributed by atoms with Gasteiger partial charge >= 0.3 is 6.01 Å². The Bertz CT molecular complexity index is 668. The molecule has 1 heterocycles. The normalized spacial score (nSPS) is 10.1. The van der Waals surface area contributed by atoms with Crippen LogP contribution in [0.5, 0.6) is 6.01 Å². The van der Waals surface area contributed by atoms with E-state index in [9.17, 15) is 4.39 Å². The first-order valence-corrected chi connectivity index (χ1v) is 5.97. The van der Waals surface area contributed by atoms with Gasteiger partial charge in [0, 0.05) is 5.56 Å². The summed E-state index contributed by atoms with van der Waals surface area (Å²) in [5, 5.41) is 8.84. The Hall–Kier alpha value is -2.75. The lowest BCUT2D eigenvalue weighted by Gasteiger charge is -2.06. The van der Waals surface area contributed by atoms with Crippen LogP contribution >= 0.6 is 0 Å². The highest BCUT2D eigenvalue weighted by atomic mass is 19.1. The topological polar surface area (TPSA) is 97.7 Å². The van der Waals surface area contributed by atoms with Crippen LogP contribution in [0.3, 0.4) is 0 Å². The van der Waals surface area contributed by atoms with Crippen molar-refractivity contribution < 1.29 is 9.13 Å². The van der Waals surface area contributed by atoms with Gasteiger partial charge in [-0.2, -0.15) is 20.2 Å². The van der Waals surface area contributed by atoms with Gasteiger partial charge in [-0.25, -0.2) is 4.39 Å². The summed E-state index contributed by atoms with van der Waals surface area (Å²) in [4.78, 5) is 11.8. The number of hydrogen-bond acceptors (Lipinski definition) is 6. The summed E-state index contributed by atoms with van der Waals surface area (Å²) in [6.45, 7) is 2.38. The van der Waals surface area contributed by atoms with Gasteiger partial charge in [-0.05, 0) is 24.6 Å². The van der Waals surface area contributed by atoms with Gasteiger partial charge in [-0.3, -0.25) is 0 Å². The lowest BCUT2D eigenvalue weighted by molar-refractivity contribution is 0.292. The van der Waals surface area contributed by atoms with Gasteiger partial charge in [0.2, 0.25) is 5.95 Å². The SMILES string of the molecule is CCCOc1nc(N)nc(-c2cc(F)cc(C#N)c2)n1. The molecule has 0 saturated carbocycles. The third kappa shape index (κ3) is 3.17. The maximum absolute atomic E-state index is 13.4. The molecule has 2 aromatic rings. The molecule has 20 heavy (non-hydrogen) atoms. The van der Waals surface area contributed by atoms with Crippen molar-refractivity contribution in [1.82, 2.24) is 15.0 Å². The summed E-state index contributed by atoms with van der Waals surface area (Å²) < 4.78 is 18.7. The number of aromatic nitrogens is 3. The molecule has 6 nitrogen and oxygen atoms in total. The number of nitrogen functional groups attached to an aromatic ring is 1. The number of nitrogens with two attached hydrogens (primary N) is 1. The molecule has 0 radical (unpaired) electrons. The van der Waals surface area contributed by atoms with Gasteiger partial charge in [0.1, 0.15) is 5.82 Å². The molecule has 0 bridgehead atoms. The van der Waals surface area contributed by atoms with Gasteiger partial charge in [0.15, 0.2) is 5.82 Å². The molecule has 102 valence electrons. The van der Waals surface area contributed by atoms with Crippen LogP contribution in [0.1, 0.15) is 18.9 Å². The summed E-state index contributed by atoms with van der Waals surface area (Å²) in [5.41, 5.74) is 6.10. The van der Waals surface area contributed by atoms with E-state index in [0.29, 0.717) is 12.2 Å². The van der Waals surface area contributed by atoms with E-state index in [1.54, 1.807) is 0 Å². The minimum atomic E-state index is -0.547. The number of ether oxygens (including phenoxy) is 1. The summed E-state index contributed by atoms with van der Waals surface area (Å²) in [6.07, 6.45) is 0.791. The summed E-state index contributed by atoms with van der Waals surface area (Å²) in [5.74, 6) is -0.405. The van der Waals surface area contributed by atoms with Crippen molar-refractivity contribution in [2.45, 2.75) is 13.3 Å².